The summed E-state index contributed by atoms with van der Waals surface area (Å²) in [5.41, 5.74) is -0.931. The molecule has 3 fully saturated rings. The fraction of sp³-hybridized carbons (Fsp3) is 0.500. The van der Waals surface area contributed by atoms with Gasteiger partial charge in [-0.3, -0.25) is 33.8 Å². The van der Waals surface area contributed by atoms with Crippen LogP contribution in [0.4, 0.5) is 15.8 Å². The van der Waals surface area contributed by atoms with Gasteiger partial charge in [0.1, 0.15) is 29.2 Å². The molecule has 1 unspecified atom stereocenters. The summed E-state index contributed by atoms with van der Waals surface area (Å²) >= 11 is 6.96. The molecule has 2 saturated heterocycles. The highest BCUT2D eigenvalue weighted by Gasteiger charge is 2.50. The van der Waals surface area contributed by atoms with Crippen molar-refractivity contribution in [1.29, 1.82) is 0 Å². The number of aliphatic hydroxyl groups is 2. The first kappa shape index (κ1) is 62.0. The molecule has 5 aliphatic heterocycles. The number of hydrogen-bond acceptors (Lipinski definition) is 18. The van der Waals surface area contributed by atoms with Crippen LogP contribution in [0.2, 0.25) is 5.02 Å². The van der Waals surface area contributed by atoms with Gasteiger partial charge in [-0.15, -0.1) is 0 Å². The van der Waals surface area contributed by atoms with E-state index in [2.05, 4.69) is 15.7 Å². The summed E-state index contributed by atoms with van der Waals surface area (Å²) in [6, 6.07) is 0.802. The Bertz CT molecular complexity index is 3570. The summed E-state index contributed by atoms with van der Waals surface area (Å²) in [4.78, 5) is 82.6. The summed E-state index contributed by atoms with van der Waals surface area (Å²) in [6.07, 6.45) is 8.70. The number of allylic oxidation sites excluding steroid dienone is 2. The smallest absolute Gasteiger partial charge is 0.312 e. The number of phenolic OH excluding ortho intramolecular Hbond substituents is 3. The maximum atomic E-state index is 16.0. The van der Waals surface area contributed by atoms with Gasteiger partial charge in [-0.1, -0.05) is 57.5 Å². The monoisotopic (exact) mass is 1200 g/mol. The fourth-order valence-corrected chi connectivity index (χ4v) is 12.7. The molecule has 5 bridgehead atoms. The molecule has 3 aromatic carbocycles. The third-order valence-corrected chi connectivity index (χ3v) is 17.9. The Labute approximate surface area is 495 Å². The highest BCUT2D eigenvalue weighted by Crippen LogP contribution is 2.55. The predicted octanol–water partition coefficient (Wildman–Crippen LogP) is 7.84. The molecule has 1 aromatic heterocycles. The molecule has 7 N–H and O–H groups in total. The van der Waals surface area contributed by atoms with Crippen LogP contribution in [0.15, 0.2) is 58.3 Å². The minimum Gasteiger partial charge on any atom is -0.507 e. The molecule has 0 radical (unpaired) electrons. The Morgan fingerprint density at radius 1 is 0.918 bits per heavy atom. The number of methoxy groups -OCH3 is 1. The number of esters is 1. The number of carbonyl (C=O) groups is 5. The molecule has 85 heavy (non-hydrogen) atoms. The zero-order chi connectivity index (χ0) is 61.8. The highest BCUT2D eigenvalue weighted by atomic mass is 35.5. The largest absolute Gasteiger partial charge is 0.507 e. The van der Waals surface area contributed by atoms with E-state index in [1.54, 1.807) is 54.3 Å². The molecule has 2 amide bonds. The lowest BCUT2D eigenvalue weighted by Gasteiger charge is -2.38. The van der Waals surface area contributed by atoms with Crippen molar-refractivity contribution in [3.63, 3.8) is 0 Å². The summed E-state index contributed by atoms with van der Waals surface area (Å²) in [6.45, 7) is 14.7. The average Bonchev–Trinajstić information content (AvgIpc) is 1.78. The first-order valence-electron chi connectivity index (χ1n) is 28.7. The third kappa shape index (κ3) is 11.8. The van der Waals surface area contributed by atoms with E-state index in [4.69, 9.17) is 30.5 Å². The number of phenols is 3. The van der Waals surface area contributed by atoms with E-state index < -0.39 is 117 Å². The Morgan fingerprint density at radius 2 is 1.61 bits per heavy atom. The SMILES string of the molecule is CO[C@H]1/C=C/O[C@@]2(C)Oc3c(C)c(O)c4c(O)c(c(/C=N\N5CCC(C(=O)NC6CCN(c7c(F)cc8c(=O)c(C(C)=O)cn(C9CC9)c8c7Cl)C6)CC5)c(O)c4c3C2=O)NC(=O)/C(C)=C\C=C\[C@H](C)[C@H](O)[C@@H](C)[C@@H](O)[C@@H](C)[C@H](OC(C)=O)[C@@H]1C. The molecule has 10 rings (SSSR count). The second kappa shape index (κ2) is 24.4. The number of halogens is 2. The molecule has 10 atom stereocenters. The lowest BCUT2D eigenvalue weighted by atomic mass is 9.78. The lowest BCUT2D eigenvalue weighted by molar-refractivity contribution is -0.160. The van der Waals surface area contributed by atoms with E-state index in [9.17, 15) is 54.3 Å². The van der Waals surface area contributed by atoms with Crippen molar-refractivity contribution >= 4 is 80.2 Å². The number of Topliss-reactive ketones (excluding diaryl/α,β-unsaturated/α-hetero) is 2. The van der Waals surface area contributed by atoms with Crippen LogP contribution in [0.1, 0.15) is 125 Å². The highest BCUT2D eigenvalue weighted by molar-refractivity contribution is 6.38. The number of fused-ring (bicyclic) bond motifs is 15. The molecular formula is C62H74ClFN6O15. The van der Waals surface area contributed by atoms with Gasteiger partial charge in [-0.05, 0) is 65.0 Å². The Hall–Kier alpha value is -7.53. The van der Waals surface area contributed by atoms with Crippen LogP contribution < -0.4 is 25.7 Å². The number of anilines is 2. The summed E-state index contributed by atoms with van der Waals surface area (Å²) in [5.74, 6) is -11.0. The van der Waals surface area contributed by atoms with Gasteiger partial charge < -0.3 is 64.6 Å². The van der Waals surface area contributed by atoms with Crippen molar-refractivity contribution in [2.75, 3.05) is 43.5 Å². The Morgan fingerprint density at radius 3 is 2.26 bits per heavy atom. The first-order valence-corrected chi connectivity index (χ1v) is 29.1. The number of hydrogen-bond donors (Lipinski definition) is 7. The first-order chi connectivity index (χ1) is 40.2. The molecule has 0 spiro atoms. The second-order valence-corrected chi connectivity index (χ2v) is 23.9. The minimum absolute atomic E-state index is 0.00877. The number of aromatic nitrogens is 1. The maximum absolute atomic E-state index is 16.0. The van der Waals surface area contributed by atoms with E-state index in [-0.39, 0.29) is 98.4 Å². The number of nitrogens with zero attached hydrogens (tertiary/aromatic N) is 4. The fourth-order valence-electron chi connectivity index (χ4n) is 12.3. The summed E-state index contributed by atoms with van der Waals surface area (Å²) in [7, 11) is 1.41. The quantitative estimate of drug-likeness (QED) is 0.0276. The molecule has 6 heterocycles. The minimum atomic E-state index is -2.14. The molecule has 6 aliphatic rings. The van der Waals surface area contributed by atoms with E-state index in [0.29, 0.717) is 31.3 Å². The van der Waals surface area contributed by atoms with Crippen molar-refractivity contribution in [3.05, 3.63) is 91.7 Å². The van der Waals surface area contributed by atoms with E-state index in [0.717, 1.165) is 18.9 Å². The van der Waals surface area contributed by atoms with E-state index >= 15 is 4.39 Å². The van der Waals surface area contributed by atoms with Gasteiger partial charge in [0, 0.05) is 112 Å². The van der Waals surface area contributed by atoms with E-state index in [1.807, 2.05) is 0 Å². The predicted molar refractivity (Wildman–Crippen MR) is 316 cm³/mol. The molecular weight excluding hydrogens is 1120 g/mol. The number of pyridine rings is 1. The van der Waals surface area contributed by atoms with Crippen LogP contribution in [0.25, 0.3) is 21.7 Å². The van der Waals surface area contributed by atoms with Crippen molar-refractivity contribution in [1.82, 2.24) is 14.9 Å². The average molecular weight is 1200 g/mol. The van der Waals surface area contributed by atoms with Gasteiger partial charge in [-0.25, -0.2) is 4.39 Å². The van der Waals surface area contributed by atoms with Crippen molar-refractivity contribution < 1.29 is 72.8 Å². The standard InChI is InChI=1S/C62H74ClFN6O15/c1-28-12-11-13-29(2)60(80)67-48-40(25-65-69-21-16-36(17-22-69)61(81)66-37-18-20-68(26-37)50-42(64)24-39-49(47(50)63)70(38-14-15-38)27-41(34(7)71)54(39)76)55(77)44-45(56(48)78)53(75)33(6)58-46(44)59(79)62(9,85-58)83-23-19-43(82-10)30(3)57(84-35(8)72)32(5)52(74)31(4)51(28)73/h11-13,19,23-25,27-28,30-32,36-38,43,51-52,57,73-75,77-78H,14-18,20-22,26H2,1-10H3,(H,66,81)(H,67,80)/b12-11+,23-19+,29-13-,65-25-/t28-,30+,31+,32+,37?,43-,51-,52+,57+,62-/m0/s1. The van der Waals surface area contributed by atoms with Crippen LogP contribution in [-0.2, 0) is 28.6 Å². The van der Waals surface area contributed by atoms with Gasteiger partial charge >= 0.3 is 11.8 Å². The topological polar surface area (TPSA) is 288 Å². The molecule has 1 aliphatic carbocycles. The lowest BCUT2D eigenvalue weighted by Crippen LogP contribution is -2.46. The number of piperidine rings is 1. The maximum Gasteiger partial charge on any atom is 0.312 e. The van der Waals surface area contributed by atoms with Gasteiger partial charge in [0.2, 0.25) is 5.91 Å². The van der Waals surface area contributed by atoms with Gasteiger partial charge in [0.05, 0.1) is 80.2 Å². The number of ether oxygens (including phenoxy) is 4. The molecule has 456 valence electrons. The zero-order valence-electron chi connectivity index (χ0n) is 49.2. The van der Waals surface area contributed by atoms with Crippen LogP contribution in [0, 0.1) is 42.3 Å². The van der Waals surface area contributed by atoms with Crippen molar-refractivity contribution in [2.24, 2.45) is 34.7 Å². The van der Waals surface area contributed by atoms with Crippen molar-refractivity contribution in [2.45, 2.75) is 137 Å². The van der Waals surface area contributed by atoms with Gasteiger partial charge in [0.15, 0.2) is 17.0 Å². The van der Waals surface area contributed by atoms with Crippen molar-refractivity contribution in [3.8, 4) is 23.0 Å². The number of ketones is 2. The number of benzene rings is 3. The third-order valence-electron chi connectivity index (χ3n) is 17.6. The molecule has 4 aromatic rings. The number of nitrogens with one attached hydrogen (secondary N) is 2. The van der Waals surface area contributed by atoms with Crippen LogP contribution in [-0.4, -0.2) is 140 Å². The Kier molecular flexibility index (Phi) is 17.8. The number of aromatic hydroxyl groups is 3. The van der Waals surface area contributed by atoms with Crippen LogP contribution >= 0.6 is 11.6 Å². The van der Waals surface area contributed by atoms with Crippen LogP contribution in [0.3, 0.4) is 0 Å². The zero-order valence-corrected chi connectivity index (χ0v) is 50.0. The van der Waals surface area contributed by atoms with Gasteiger partial charge in [-0.2, -0.15) is 5.10 Å². The molecule has 1 saturated carbocycles. The second-order valence-electron chi connectivity index (χ2n) is 23.5. The summed E-state index contributed by atoms with van der Waals surface area (Å²) in [5, 5.41) is 71.0. The number of amides is 2. The number of rotatable bonds is 9. The van der Waals surface area contributed by atoms with Crippen LogP contribution in [0.5, 0.6) is 23.0 Å². The van der Waals surface area contributed by atoms with Gasteiger partial charge in [0.25, 0.3) is 11.7 Å². The number of hydrazone groups is 1. The number of carbonyl (C=O) groups excluding carboxylic acids is 5. The summed E-state index contributed by atoms with van der Waals surface area (Å²) < 4.78 is 41.6. The molecule has 21 nitrogen and oxygen atoms in total. The normalized spacial score (nSPS) is 28.5. The van der Waals surface area contributed by atoms with E-state index in [1.165, 1.54) is 72.6 Å². The number of aliphatic hydroxyl groups excluding tert-OH is 2. The Balaban J connectivity index is 0.986. The molecule has 23 heteroatoms.